The molecular weight excluding hydrogens is 456 g/mol. The summed E-state index contributed by atoms with van der Waals surface area (Å²) in [5.74, 6) is -1.64. The Morgan fingerprint density at radius 3 is 2.31 bits per heavy atom. The molecule has 1 N–H and O–H groups in total. The van der Waals surface area contributed by atoms with Gasteiger partial charge in [0.15, 0.2) is 0 Å². The Labute approximate surface area is 210 Å². The Hall–Kier alpha value is -3.97. The Morgan fingerprint density at radius 1 is 0.972 bits per heavy atom. The van der Waals surface area contributed by atoms with Gasteiger partial charge in [0.2, 0.25) is 0 Å². The molecule has 1 saturated heterocycles. The first-order valence-electron chi connectivity index (χ1n) is 12.1. The second-order valence-electron chi connectivity index (χ2n) is 8.71. The summed E-state index contributed by atoms with van der Waals surface area (Å²) >= 11 is 0. The maximum Gasteiger partial charge on any atom is 0.308 e. The van der Waals surface area contributed by atoms with E-state index in [4.69, 9.17) is 4.74 Å². The van der Waals surface area contributed by atoms with Crippen LogP contribution < -0.4 is 4.74 Å². The molecule has 1 fully saturated rings. The summed E-state index contributed by atoms with van der Waals surface area (Å²) in [6.45, 7) is 7.97. The van der Waals surface area contributed by atoms with Gasteiger partial charge in [-0.2, -0.15) is 0 Å². The number of fused-ring (bicyclic) bond motifs is 1. The summed E-state index contributed by atoms with van der Waals surface area (Å²) in [5.41, 5.74) is 1.19. The van der Waals surface area contributed by atoms with Gasteiger partial charge in [-0.1, -0.05) is 68.4 Å². The molecule has 1 atom stereocenters. The molecule has 7 nitrogen and oxygen atoms in total. The number of likely N-dealkylation sites (N-methyl/N-ethyl adjacent to an activating group) is 1. The van der Waals surface area contributed by atoms with E-state index in [0.717, 1.165) is 23.9 Å². The number of hydrogen-bond donors (Lipinski definition) is 1. The third-order valence-corrected chi connectivity index (χ3v) is 6.59. The Balaban J connectivity index is 1.84. The van der Waals surface area contributed by atoms with Crippen molar-refractivity contribution < 1.29 is 24.2 Å². The molecule has 186 valence electrons. The van der Waals surface area contributed by atoms with Gasteiger partial charge in [-0.25, -0.2) is 0 Å². The second kappa shape index (κ2) is 10.7. The van der Waals surface area contributed by atoms with Gasteiger partial charge in [-0.05, 0) is 41.6 Å². The predicted octanol–water partition coefficient (Wildman–Crippen LogP) is 4.53. The minimum Gasteiger partial charge on any atom is -0.507 e. The Bertz CT molecular complexity index is 1320. The van der Waals surface area contributed by atoms with Crippen LogP contribution in [0.1, 0.15) is 37.9 Å². The fourth-order valence-corrected chi connectivity index (χ4v) is 4.71. The van der Waals surface area contributed by atoms with Crippen molar-refractivity contribution in [1.29, 1.82) is 0 Å². The highest BCUT2D eigenvalue weighted by Gasteiger charge is 2.46. The lowest BCUT2D eigenvalue weighted by Crippen LogP contribution is -2.38. The van der Waals surface area contributed by atoms with Gasteiger partial charge in [0, 0.05) is 25.6 Å². The third kappa shape index (κ3) is 4.88. The first-order chi connectivity index (χ1) is 17.3. The predicted molar refractivity (Wildman–Crippen MR) is 138 cm³/mol. The van der Waals surface area contributed by atoms with Crippen LogP contribution >= 0.6 is 0 Å². The molecule has 0 aromatic heterocycles. The number of amides is 1. The number of carbonyl (C=O) groups is 3. The molecule has 3 aromatic carbocycles. The van der Waals surface area contributed by atoms with E-state index < -0.39 is 23.7 Å². The molecule has 1 amide bonds. The minimum absolute atomic E-state index is 0.0520. The molecule has 7 heteroatoms. The number of ketones is 1. The number of Topliss-reactive ketones (excluding diaryl/α,β-unsaturated/α-hetero) is 1. The normalized spacial score (nSPS) is 17.2. The molecule has 1 heterocycles. The summed E-state index contributed by atoms with van der Waals surface area (Å²) in [6.07, 6.45) is 0. The van der Waals surface area contributed by atoms with Gasteiger partial charge in [-0.3, -0.25) is 14.4 Å². The Kier molecular flexibility index (Phi) is 7.50. The molecule has 1 aliphatic rings. The quantitative estimate of drug-likeness (QED) is 0.166. The van der Waals surface area contributed by atoms with Crippen LogP contribution in [0.2, 0.25) is 0 Å². The number of carbonyl (C=O) groups excluding carboxylic acids is 3. The molecule has 1 unspecified atom stereocenters. The molecule has 0 aliphatic carbocycles. The molecule has 0 spiro atoms. The van der Waals surface area contributed by atoms with Crippen LogP contribution in [0.3, 0.4) is 0 Å². The van der Waals surface area contributed by atoms with Crippen LogP contribution in [0.5, 0.6) is 5.75 Å². The minimum atomic E-state index is -0.772. The van der Waals surface area contributed by atoms with E-state index in [0.29, 0.717) is 30.0 Å². The van der Waals surface area contributed by atoms with Crippen molar-refractivity contribution in [3.63, 3.8) is 0 Å². The van der Waals surface area contributed by atoms with E-state index in [-0.39, 0.29) is 11.3 Å². The second-order valence-corrected chi connectivity index (χ2v) is 8.71. The van der Waals surface area contributed by atoms with E-state index in [2.05, 4.69) is 4.90 Å². The molecule has 3 aromatic rings. The number of rotatable bonds is 8. The van der Waals surface area contributed by atoms with Crippen molar-refractivity contribution in [3.8, 4) is 5.75 Å². The molecule has 1 aliphatic heterocycles. The number of nitrogens with zero attached hydrogens (tertiary/aromatic N) is 2. The van der Waals surface area contributed by atoms with Crippen LogP contribution in [0.4, 0.5) is 0 Å². The largest absolute Gasteiger partial charge is 0.507 e. The van der Waals surface area contributed by atoms with Crippen LogP contribution in [0.25, 0.3) is 16.5 Å². The maximum absolute atomic E-state index is 13.4. The summed E-state index contributed by atoms with van der Waals surface area (Å²) in [4.78, 5) is 41.6. The van der Waals surface area contributed by atoms with Gasteiger partial charge in [0.05, 0.1) is 11.6 Å². The van der Waals surface area contributed by atoms with E-state index in [1.165, 1.54) is 11.8 Å². The van der Waals surface area contributed by atoms with Crippen molar-refractivity contribution in [2.45, 2.75) is 26.8 Å². The summed E-state index contributed by atoms with van der Waals surface area (Å²) < 4.78 is 5.15. The lowest BCUT2D eigenvalue weighted by molar-refractivity contribution is -0.140. The number of hydrogen-bond acceptors (Lipinski definition) is 6. The fourth-order valence-electron chi connectivity index (χ4n) is 4.71. The van der Waals surface area contributed by atoms with Crippen molar-refractivity contribution in [3.05, 3.63) is 83.4 Å². The number of esters is 1. The Morgan fingerprint density at radius 2 is 1.64 bits per heavy atom. The highest BCUT2D eigenvalue weighted by molar-refractivity contribution is 6.46. The monoisotopic (exact) mass is 486 g/mol. The van der Waals surface area contributed by atoms with Crippen LogP contribution in [-0.2, 0) is 14.4 Å². The van der Waals surface area contributed by atoms with Gasteiger partial charge in [0.25, 0.3) is 11.7 Å². The number of aliphatic hydroxyl groups excluding tert-OH is 1. The molecular formula is C29H30N2O5. The topological polar surface area (TPSA) is 87.2 Å². The number of likely N-dealkylation sites (tertiary alicyclic amines) is 1. The van der Waals surface area contributed by atoms with E-state index in [1.54, 1.807) is 30.3 Å². The third-order valence-electron chi connectivity index (χ3n) is 6.59. The number of aliphatic hydroxyl groups is 1. The lowest BCUT2D eigenvalue weighted by atomic mass is 9.93. The van der Waals surface area contributed by atoms with Gasteiger partial charge in [0.1, 0.15) is 11.5 Å². The zero-order chi connectivity index (χ0) is 25.8. The van der Waals surface area contributed by atoms with Crippen LogP contribution in [0.15, 0.2) is 72.3 Å². The highest BCUT2D eigenvalue weighted by Crippen LogP contribution is 2.40. The van der Waals surface area contributed by atoms with Crippen molar-refractivity contribution in [2.75, 3.05) is 26.2 Å². The highest BCUT2D eigenvalue weighted by atomic mass is 16.5. The number of ether oxygens (including phenoxy) is 1. The first-order valence-corrected chi connectivity index (χ1v) is 12.1. The zero-order valence-corrected chi connectivity index (χ0v) is 20.7. The van der Waals surface area contributed by atoms with Crippen molar-refractivity contribution in [2.24, 2.45) is 0 Å². The molecule has 36 heavy (non-hydrogen) atoms. The summed E-state index contributed by atoms with van der Waals surface area (Å²) in [6, 6.07) is 19.0. The molecule has 0 radical (unpaired) electrons. The van der Waals surface area contributed by atoms with Crippen LogP contribution in [-0.4, -0.2) is 58.7 Å². The van der Waals surface area contributed by atoms with Crippen molar-refractivity contribution in [1.82, 2.24) is 9.80 Å². The molecule has 0 bridgehead atoms. The number of benzene rings is 3. The van der Waals surface area contributed by atoms with Crippen LogP contribution in [0, 0.1) is 0 Å². The fraction of sp³-hybridized carbons (Fsp3) is 0.276. The SMILES string of the molecule is CCN(CC)CCN1C(=O)C(=O)/C(=C(\O)c2cccc3ccccc23)C1c1ccc(OC(C)=O)cc1. The summed E-state index contributed by atoms with van der Waals surface area (Å²) in [7, 11) is 0. The van der Waals surface area contributed by atoms with E-state index >= 15 is 0 Å². The van der Waals surface area contributed by atoms with E-state index in [9.17, 15) is 19.5 Å². The smallest absolute Gasteiger partial charge is 0.308 e. The summed E-state index contributed by atoms with van der Waals surface area (Å²) in [5, 5.41) is 13.2. The van der Waals surface area contributed by atoms with E-state index in [1.807, 2.05) is 50.2 Å². The van der Waals surface area contributed by atoms with Gasteiger partial charge in [-0.15, -0.1) is 0 Å². The first kappa shape index (κ1) is 25.1. The van der Waals surface area contributed by atoms with Gasteiger partial charge >= 0.3 is 5.97 Å². The van der Waals surface area contributed by atoms with Gasteiger partial charge < -0.3 is 19.6 Å². The molecule has 4 rings (SSSR count). The lowest BCUT2D eigenvalue weighted by Gasteiger charge is -2.28. The van der Waals surface area contributed by atoms with Crippen molar-refractivity contribution >= 4 is 34.2 Å². The zero-order valence-electron chi connectivity index (χ0n) is 20.7. The standard InChI is InChI=1S/C29H30N2O5/c1-4-30(5-2)17-18-31-26(21-13-15-22(16-14-21)36-19(3)32)25(28(34)29(31)35)27(33)24-12-8-10-20-9-6-7-11-23(20)24/h6-16,26,33H,4-5,17-18H2,1-3H3/b27-25-. The average Bonchev–Trinajstić information content (AvgIpc) is 3.13. The molecule has 0 saturated carbocycles. The average molecular weight is 487 g/mol. The maximum atomic E-state index is 13.4.